The number of nitrogens with two attached hydrogens (primary N) is 1. The molecule has 0 rings (SSSR count). The maximum absolute atomic E-state index is 8.33. The summed E-state index contributed by atoms with van der Waals surface area (Å²) < 4.78 is 0. The molecule has 6 heteroatoms. The summed E-state index contributed by atoms with van der Waals surface area (Å²) in [6.07, 6.45) is 0.0919. The summed E-state index contributed by atoms with van der Waals surface area (Å²) in [5, 5.41) is 17.5. The quantitative estimate of drug-likeness (QED) is 0.337. The van der Waals surface area contributed by atoms with Crippen molar-refractivity contribution >= 4 is 0 Å². The average Bonchev–Trinajstić information content (AvgIpc) is 2.03. The van der Waals surface area contributed by atoms with Crippen LogP contribution in [0.15, 0.2) is 0 Å². The van der Waals surface area contributed by atoms with Gasteiger partial charge in [-0.3, -0.25) is 0 Å². The molecule has 0 aliphatic heterocycles. The van der Waals surface area contributed by atoms with Crippen molar-refractivity contribution in [2.24, 2.45) is 5.73 Å². The van der Waals surface area contributed by atoms with Crippen LogP contribution in [0.3, 0.4) is 0 Å². The average molecular weight is 166 g/mol. The van der Waals surface area contributed by atoms with Gasteiger partial charge in [0.05, 0.1) is 0 Å². The van der Waals surface area contributed by atoms with Crippen LogP contribution in [0.5, 0.6) is 0 Å². The minimum absolute atomic E-state index is 0.491. The fraction of sp³-hybridized carbons (Fsp3) is 1.00. The molecule has 0 aliphatic carbocycles. The van der Waals surface area contributed by atoms with E-state index in [-0.39, 0.29) is 0 Å². The summed E-state index contributed by atoms with van der Waals surface area (Å²) in [6.45, 7) is 0.751. The molecule has 0 saturated heterocycles. The Bertz CT molecular complexity index is 86.6. The third-order valence-electron chi connectivity index (χ3n) is 1.06. The smallest absolute Gasteiger partial charge is 0.166 e. The van der Waals surface area contributed by atoms with Crippen LogP contribution in [0.2, 0.25) is 0 Å². The molecule has 4 N–H and O–H groups in total. The van der Waals surface area contributed by atoms with Crippen LogP contribution >= 0.6 is 0 Å². The highest BCUT2D eigenvalue weighted by molar-refractivity contribution is 4.44. The Labute approximate surface area is 65.0 Å². The van der Waals surface area contributed by atoms with Crippen molar-refractivity contribution in [2.45, 2.75) is 19.5 Å². The van der Waals surface area contributed by atoms with Gasteiger partial charge in [-0.25, -0.2) is 9.68 Å². The van der Waals surface area contributed by atoms with Gasteiger partial charge in [0.25, 0.3) is 0 Å². The number of aliphatic hydroxyl groups is 2. The van der Waals surface area contributed by atoms with Crippen molar-refractivity contribution in [3.05, 3.63) is 0 Å². The standard InChI is InChI=1S/C5H14N2O4/c1-2-5(6)7(10-3-8)11-4-9/h5,8-9H,2-4,6H2,1H3. The van der Waals surface area contributed by atoms with Gasteiger partial charge >= 0.3 is 0 Å². The van der Waals surface area contributed by atoms with Gasteiger partial charge in [0.1, 0.15) is 6.17 Å². The highest BCUT2D eigenvalue weighted by Crippen LogP contribution is 1.98. The molecule has 6 nitrogen and oxygen atoms in total. The molecule has 0 aliphatic rings. The maximum Gasteiger partial charge on any atom is 0.166 e. The molecule has 0 aromatic rings. The summed E-state index contributed by atoms with van der Waals surface area (Å²) in [4.78, 5) is 9.03. The number of nitrogens with zero attached hydrogens (tertiary/aromatic N) is 1. The zero-order valence-corrected chi connectivity index (χ0v) is 6.43. The van der Waals surface area contributed by atoms with Crippen molar-refractivity contribution in [3.63, 3.8) is 0 Å². The van der Waals surface area contributed by atoms with Crippen LogP contribution in [0.25, 0.3) is 0 Å². The lowest BCUT2D eigenvalue weighted by molar-refractivity contribution is -0.421. The maximum atomic E-state index is 8.33. The van der Waals surface area contributed by atoms with Crippen LogP contribution < -0.4 is 5.73 Å². The van der Waals surface area contributed by atoms with Crippen molar-refractivity contribution in [1.29, 1.82) is 0 Å². The Kier molecular flexibility index (Phi) is 6.33. The molecule has 0 amide bonds. The van der Waals surface area contributed by atoms with Gasteiger partial charge < -0.3 is 15.9 Å². The second kappa shape index (κ2) is 6.47. The lowest BCUT2D eigenvalue weighted by atomic mass is 10.4. The molecule has 0 spiro atoms. The number of rotatable bonds is 6. The van der Waals surface area contributed by atoms with Crippen LogP contribution in [0.1, 0.15) is 13.3 Å². The van der Waals surface area contributed by atoms with E-state index in [0.717, 1.165) is 5.23 Å². The molecular weight excluding hydrogens is 152 g/mol. The molecule has 1 unspecified atom stereocenters. The Morgan fingerprint density at radius 3 is 2.09 bits per heavy atom. The normalized spacial score (nSPS) is 13.9. The first-order chi connectivity index (χ1) is 5.26. The first-order valence-corrected chi connectivity index (χ1v) is 3.28. The Balaban J connectivity index is 3.66. The molecule has 0 aromatic heterocycles. The molecule has 0 aromatic carbocycles. The SMILES string of the molecule is CCC(N)N(OCO)OCO. The van der Waals surface area contributed by atoms with Gasteiger partial charge in [0.2, 0.25) is 0 Å². The Morgan fingerprint density at radius 2 is 1.82 bits per heavy atom. The monoisotopic (exact) mass is 166 g/mol. The molecule has 0 heterocycles. The van der Waals surface area contributed by atoms with Gasteiger partial charge in [-0.2, -0.15) is 0 Å². The molecule has 11 heavy (non-hydrogen) atoms. The van der Waals surface area contributed by atoms with E-state index in [0.29, 0.717) is 6.42 Å². The number of hydrogen-bond donors (Lipinski definition) is 3. The summed E-state index contributed by atoms with van der Waals surface area (Å²) in [7, 11) is 0. The fourth-order valence-electron chi connectivity index (χ4n) is 0.492. The van der Waals surface area contributed by atoms with E-state index in [1.165, 1.54) is 0 Å². The summed E-state index contributed by atoms with van der Waals surface area (Å²) in [5.41, 5.74) is 5.44. The minimum atomic E-state index is -0.534. The van der Waals surface area contributed by atoms with Gasteiger partial charge in [0, 0.05) is 0 Å². The van der Waals surface area contributed by atoms with Crippen molar-refractivity contribution in [1.82, 2.24) is 5.23 Å². The zero-order valence-electron chi connectivity index (χ0n) is 6.43. The fourth-order valence-corrected chi connectivity index (χ4v) is 0.492. The van der Waals surface area contributed by atoms with Crippen LogP contribution in [-0.2, 0) is 9.68 Å². The van der Waals surface area contributed by atoms with Gasteiger partial charge in [-0.1, -0.05) is 6.92 Å². The number of hydroxylamine groups is 2. The number of hydrogen-bond acceptors (Lipinski definition) is 6. The highest BCUT2D eigenvalue weighted by Gasteiger charge is 2.12. The van der Waals surface area contributed by atoms with Gasteiger partial charge in [0.15, 0.2) is 13.6 Å². The largest absolute Gasteiger partial charge is 0.369 e. The molecule has 0 fully saturated rings. The van der Waals surface area contributed by atoms with Crippen LogP contribution in [0.4, 0.5) is 0 Å². The van der Waals surface area contributed by atoms with Crippen LogP contribution in [-0.4, -0.2) is 35.2 Å². The molecular formula is C5H14N2O4. The third kappa shape index (κ3) is 4.25. The second-order valence-electron chi connectivity index (χ2n) is 1.78. The molecule has 1 atom stereocenters. The van der Waals surface area contributed by atoms with E-state index in [1.54, 1.807) is 0 Å². The number of aliphatic hydroxyl groups excluding tert-OH is 2. The highest BCUT2D eigenvalue weighted by atomic mass is 17.0. The summed E-state index contributed by atoms with van der Waals surface area (Å²) >= 11 is 0. The topological polar surface area (TPSA) is 88.2 Å². The Morgan fingerprint density at radius 1 is 1.36 bits per heavy atom. The van der Waals surface area contributed by atoms with E-state index >= 15 is 0 Å². The molecule has 68 valence electrons. The second-order valence-corrected chi connectivity index (χ2v) is 1.78. The zero-order chi connectivity index (χ0) is 8.69. The lowest BCUT2D eigenvalue weighted by Crippen LogP contribution is -2.41. The third-order valence-corrected chi connectivity index (χ3v) is 1.06. The first kappa shape index (κ1) is 10.8. The van der Waals surface area contributed by atoms with Crippen LogP contribution in [0, 0.1) is 0 Å². The van der Waals surface area contributed by atoms with E-state index in [1.807, 2.05) is 6.92 Å². The van der Waals surface area contributed by atoms with E-state index in [9.17, 15) is 0 Å². The molecule has 0 radical (unpaired) electrons. The Hall–Kier alpha value is -0.240. The summed E-state index contributed by atoms with van der Waals surface area (Å²) in [6, 6.07) is 0. The predicted molar refractivity (Wildman–Crippen MR) is 36.4 cm³/mol. The minimum Gasteiger partial charge on any atom is -0.369 e. The van der Waals surface area contributed by atoms with E-state index in [4.69, 9.17) is 15.9 Å². The van der Waals surface area contributed by atoms with Crippen molar-refractivity contribution in [2.75, 3.05) is 13.6 Å². The lowest BCUT2D eigenvalue weighted by Gasteiger charge is -2.23. The van der Waals surface area contributed by atoms with Gasteiger partial charge in [-0.15, -0.1) is 0 Å². The summed E-state index contributed by atoms with van der Waals surface area (Å²) in [5.74, 6) is 0. The van der Waals surface area contributed by atoms with E-state index in [2.05, 4.69) is 9.68 Å². The predicted octanol–water partition coefficient (Wildman–Crippen LogP) is -1.25. The van der Waals surface area contributed by atoms with Gasteiger partial charge in [-0.05, 0) is 11.6 Å². The van der Waals surface area contributed by atoms with E-state index < -0.39 is 19.8 Å². The molecule has 0 bridgehead atoms. The van der Waals surface area contributed by atoms with Crippen molar-refractivity contribution < 1.29 is 19.9 Å². The van der Waals surface area contributed by atoms with Crippen molar-refractivity contribution in [3.8, 4) is 0 Å². The first-order valence-electron chi connectivity index (χ1n) is 3.28. The molecule has 0 saturated carbocycles.